The molecule has 0 amide bonds. The maximum absolute atomic E-state index is 12.7. The number of nitrogens with one attached hydrogen (secondary N) is 2. The van der Waals surface area contributed by atoms with Crippen molar-refractivity contribution in [2.75, 3.05) is 19.8 Å². The van der Waals surface area contributed by atoms with E-state index in [1.807, 2.05) is 12.2 Å². The lowest BCUT2D eigenvalue weighted by molar-refractivity contribution is -0.139. The molecule has 4 N–H and O–H groups in total. The summed E-state index contributed by atoms with van der Waals surface area (Å²) in [5, 5.41) is 24.2. The van der Waals surface area contributed by atoms with E-state index in [0.29, 0.717) is 0 Å². The SMILES string of the molecule is CCOC(=O)C1=C(NCC(O)CO)O/C(=C\C2=CNC3N=CC=CC23)C1=O. The summed E-state index contributed by atoms with van der Waals surface area (Å²) >= 11 is 0. The normalized spacial score (nSPS) is 25.8. The van der Waals surface area contributed by atoms with Crippen molar-refractivity contribution in [1.82, 2.24) is 10.6 Å². The van der Waals surface area contributed by atoms with Gasteiger partial charge in [-0.2, -0.15) is 0 Å². The molecule has 0 fully saturated rings. The van der Waals surface area contributed by atoms with Crippen molar-refractivity contribution in [3.8, 4) is 0 Å². The third-order valence-electron chi connectivity index (χ3n) is 4.17. The van der Waals surface area contributed by atoms with Crippen molar-refractivity contribution in [1.29, 1.82) is 0 Å². The molecule has 3 unspecified atom stereocenters. The van der Waals surface area contributed by atoms with Crippen LogP contribution in [0.4, 0.5) is 0 Å². The number of carbonyl (C=O) groups excluding carboxylic acids is 2. The molecule has 27 heavy (non-hydrogen) atoms. The molecular formula is C18H21N3O6. The first kappa shape index (κ1) is 18.9. The van der Waals surface area contributed by atoms with E-state index in [2.05, 4.69) is 15.6 Å². The van der Waals surface area contributed by atoms with Gasteiger partial charge in [-0.3, -0.25) is 9.79 Å². The zero-order valence-electron chi connectivity index (χ0n) is 14.7. The summed E-state index contributed by atoms with van der Waals surface area (Å²) in [6.45, 7) is 1.16. The van der Waals surface area contributed by atoms with Gasteiger partial charge in [0.2, 0.25) is 11.7 Å². The lowest BCUT2D eigenvalue weighted by Gasteiger charge is -2.16. The number of aliphatic hydroxyl groups is 2. The first-order valence-corrected chi connectivity index (χ1v) is 8.59. The Kier molecular flexibility index (Phi) is 5.72. The summed E-state index contributed by atoms with van der Waals surface area (Å²) in [7, 11) is 0. The van der Waals surface area contributed by atoms with Gasteiger partial charge in [0.15, 0.2) is 11.3 Å². The van der Waals surface area contributed by atoms with Gasteiger partial charge in [0.1, 0.15) is 6.17 Å². The molecule has 0 saturated carbocycles. The van der Waals surface area contributed by atoms with E-state index in [0.717, 1.165) is 5.57 Å². The predicted octanol–water partition coefficient (Wildman–Crippen LogP) is -0.743. The van der Waals surface area contributed by atoms with Crippen LogP contribution in [0.5, 0.6) is 0 Å². The Hall–Kier alpha value is -2.91. The number of carbonyl (C=O) groups is 2. The van der Waals surface area contributed by atoms with Gasteiger partial charge in [-0.05, 0) is 24.6 Å². The predicted molar refractivity (Wildman–Crippen MR) is 95.1 cm³/mol. The fraction of sp³-hybridized carbons (Fsp3) is 0.389. The quantitative estimate of drug-likeness (QED) is 0.260. The highest BCUT2D eigenvalue weighted by molar-refractivity contribution is 6.25. The van der Waals surface area contributed by atoms with E-state index < -0.39 is 24.5 Å². The van der Waals surface area contributed by atoms with Crippen LogP contribution in [-0.2, 0) is 19.1 Å². The minimum Gasteiger partial charge on any atom is -0.462 e. The number of hydrogen-bond donors (Lipinski definition) is 4. The van der Waals surface area contributed by atoms with Crippen LogP contribution in [-0.4, -0.2) is 60.2 Å². The van der Waals surface area contributed by atoms with Crippen molar-refractivity contribution in [3.05, 3.63) is 47.2 Å². The maximum Gasteiger partial charge on any atom is 0.347 e. The minimum atomic E-state index is -1.07. The van der Waals surface area contributed by atoms with Gasteiger partial charge in [-0.15, -0.1) is 0 Å². The number of ether oxygens (including phenoxy) is 2. The van der Waals surface area contributed by atoms with Gasteiger partial charge in [-0.1, -0.05) is 6.08 Å². The highest BCUT2D eigenvalue weighted by atomic mass is 16.5. The molecule has 3 rings (SSSR count). The summed E-state index contributed by atoms with van der Waals surface area (Å²) in [6, 6.07) is 0. The molecule has 0 saturated heterocycles. The van der Waals surface area contributed by atoms with Crippen molar-refractivity contribution >= 4 is 18.0 Å². The van der Waals surface area contributed by atoms with Gasteiger partial charge in [0, 0.05) is 24.9 Å². The minimum absolute atomic E-state index is 0.0318. The molecule has 3 heterocycles. The molecule has 3 aliphatic heterocycles. The van der Waals surface area contributed by atoms with Crippen LogP contribution in [0, 0.1) is 5.92 Å². The highest BCUT2D eigenvalue weighted by Gasteiger charge is 2.38. The monoisotopic (exact) mass is 375 g/mol. The van der Waals surface area contributed by atoms with Crippen LogP contribution in [0.2, 0.25) is 0 Å². The Labute approximate surface area is 155 Å². The number of dihydropyridines is 1. The highest BCUT2D eigenvalue weighted by Crippen LogP contribution is 2.31. The molecule has 144 valence electrons. The van der Waals surface area contributed by atoms with Gasteiger partial charge in [-0.25, -0.2) is 4.79 Å². The number of ketones is 1. The number of Topliss-reactive ketones (excluding diaryl/α,β-unsaturated/α-hetero) is 1. The van der Waals surface area contributed by atoms with Crippen LogP contribution in [0.25, 0.3) is 0 Å². The molecule has 0 aromatic rings. The second-order valence-electron chi connectivity index (χ2n) is 6.05. The average Bonchev–Trinajstić information content (AvgIpc) is 3.21. The number of aliphatic imine (C=N–C) groups is 1. The summed E-state index contributed by atoms with van der Waals surface area (Å²) in [4.78, 5) is 29.2. The molecule has 0 bridgehead atoms. The number of esters is 1. The second kappa shape index (κ2) is 8.19. The Morgan fingerprint density at radius 3 is 3.11 bits per heavy atom. The molecule has 9 heteroatoms. The van der Waals surface area contributed by atoms with Crippen LogP contribution >= 0.6 is 0 Å². The topological polar surface area (TPSA) is 129 Å². The van der Waals surface area contributed by atoms with Crippen LogP contribution in [0.3, 0.4) is 0 Å². The van der Waals surface area contributed by atoms with Gasteiger partial charge < -0.3 is 30.3 Å². The van der Waals surface area contributed by atoms with Crippen molar-refractivity contribution in [2.24, 2.45) is 10.9 Å². The molecule has 0 aromatic carbocycles. The number of rotatable bonds is 7. The molecule has 0 aromatic heterocycles. The van der Waals surface area contributed by atoms with Gasteiger partial charge >= 0.3 is 5.97 Å². The Balaban J connectivity index is 1.81. The standard InChI is InChI=1S/C18H21N3O6/c1-2-26-18(25)14-15(24)13(27-17(14)21-8-11(23)9-22)6-10-7-20-16-12(10)4-3-5-19-16/h3-7,11-12,16,20-23H,2,8-9H2,1H3/b13-6-. The Morgan fingerprint density at radius 1 is 1.56 bits per heavy atom. The molecule has 0 spiro atoms. The Morgan fingerprint density at radius 2 is 2.37 bits per heavy atom. The molecule has 3 atom stereocenters. The van der Waals surface area contributed by atoms with Crippen LogP contribution < -0.4 is 10.6 Å². The van der Waals surface area contributed by atoms with Crippen molar-refractivity contribution in [3.63, 3.8) is 0 Å². The van der Waals surface area contributed by atoms with E-state index in [4.69, 9.17) is 14.6 Å². The molecular weight excluding hydrogens is 354 g/mol. The third kappa shape index (κ3) is 3.93. The van der Waals surface area contributed by atoms with Gasteiger partial charge in [0.05, 0.1) is 19.3 Å². The number of aliphatic hydroxyl groups excluding tert-OH is 2. The smallest absolute Gasteiger partial charge is 0.347 e. The van der Waals surface area contributed by atoms with E-state index >= 15 is 0 Å². The lowest BCUT2D eigenvalue weighted by Crippen LogP contribution is -2.30. The molecule has 3 aliphatic rings. The maximum atomic E-state index is 12.7. The summed E-state index contributed by atoms with van der Waals surface area (Å²) in [5.74, 6) is -1.60. The van der Waals surface area contributed by atoms with Crippen LogP contribution in [0.1, 0.15) is 6.92 Å². The largest absolute Gasteiger partial charge is 0.462 e. The molecule has 0 radical (unpaired) electrons. The fourth-order valence-electron chi connectivity index (χ4n) is 2.83. The van der Waals surface area contributed by atoms with Crippen molar-refractivity contribution in [2.45, 2.75) is 19.2 Å². The zero-order valence-corrected chi connectivity index (χ0v) is 14.7. The Bertz CT molecular complexity index is 780. The third-order valence-corrected chi connectivity index (χ3v) is 4.17. The van der Waals surface area contributed by atoms with E-state index in [9.17, 15) is 14.7 Å². The zero-order chi connectivity index (χ0) is 19.4. The average molecular weight is 375 g/mol. The number of fused-ring (bicyclic) bond motifs is 1. The van der Waals surface area contributed by atoms with Crippen molar-refractivity contribution < 1.29 is 29.3 Å². The van der Waals surface area contributed by atoms with E-state index in [-0.39, 0.29) is 42.5 Å². The number of nitrogens with zero attached hydrogens (tertiary/aromatic N) is 1. The number of hydrogen-bond acceptors (Lipinski definition) is 9. The fourth-order valence-corrected chi connectivity index (χ4v) is 2.83. The van der Waals surface area contributed by atoms with Crippen LogP contribution in [0.15, 0.2) is 52.2 Å². The second-order valence-corrected chi connectivity index (χ2v) is 6.05. The molecule has 9 nitrogen and oxygen atoms in total. The van der Waals surface area contributed by atoms with E-state index in [1.54, 1.807) is 25.4 Å². The molecule has 0 aliphatic carbocycles. The first-order chi connectivity index (χ1) is 13.0. The van der Waals surface area contributed by atoms with Gasteiger partial charge in [0.25, 0.3) is 0 Å². The first-order valence-electron chi connectivity index (χ1n) is 8.59. The summed E-state index contributed by atoms with van der Waals surface area (Å²) in [6.07, 6.45) is 7.58. The summed E-state index contributed by atoms with van der Waals surface area (Å²) < 4.78 is 10.5. The number of allylic oxidation sites excluding steroid dienone is 3. The van der Waals surface area contributed by atoms with E-state index in [1.165, 1.54) is 0 Å². The lowest BCUT2D eigenvalue weighted by atomic mass is 9.96. The summed E-state index contributed by atoms with van der Waals surface area (Å²) in [5.41, 5.74) is 0.518.